The highest BCUT2D eigenvalue weighted by atomic mass is 19.1. The third kappa shape index (κ3) is 2.69. The van der Waals surface area contributed by atoms with E-state index in [2.05, 4.69) is 6.58 Å². The van der Waals surface area contributed by atoms with Gasteiger partial charge in [0.05, 0.1) is 0 Å². The molecule has 0 unspecified atom stereocenters. The number of aliphatic hydroxyl groups excluding tert-OH is 1. The topological polar surface area (TPSA) is 20.2 Å². The zero-order valence-electron chi connectivity index (χ0n) is 9.00. The van der Waals surface area contributed by atoms with Crippen molar-refractivity contribution in [2.24, 2.45) is 5.92 Å². The Morgan fingerprint density at radius 1 is 1.33 bits per heavy atom. The van der Waals surface area contributed by atoms with E-state index in [1.165, 1.54) is 12.1 Å². The molecule has 0 aliphatic carbocycles. The summed E-state index contributed by atoms with van der Waals surface area (Å²) in [5.41, 5.74) is 1.43. The van der Waals surface area contributed by atoms with Crippen molar-refractivity contribution in [1.82, 2.24) is 0 Å². The van der Waals surface area contributed by atoms with Crippen LogP contribution in [-0.2, 0) is 0 Å². The van der Waals surface area contributed by atoms with E-state index in [4.69, 9.17) is 0 Å². The summed E-state index contributed by atoms with van der Waals surface area (Å²) in [6, 6.07) is 5.99. The Morgan fingerprint density at radius 3 is 2.27 bits per heavy atom. The van der Waals surface area contributed by atoms with Gasteiger partial charge in [0.15, 0.2) is 0 Å². The SMILES string of the molecule is C=C/C(=C(/O)C(C)C)c1ccc(F)cc1. The van der Waals surface area contributed by atoms with E-state index in [0.717, 1.165) is 5.56 Å². The summed E-state index contributed by atoms with van der Waals surface area (Å²) in [6.45, 7) is 7.43. The molecule has 1 nitrogen and oxygen atoms in total. The Morgan fingerprint density at radius 2 is 1.87 bits per heavy atom. The normalized spacial score (nSPS) is 12.5. The third-order valence-corrected chi connectivity index (χ3v) is 2.18. The van der Waals surface area contributed by atoms with Crippen LogP contribution in [0, 0.1) is 11.7 Å². The highest BCUT2D eigenvalue weighted by molar-refractivity contribution is 5.75. The maximum atomic E-state index is 12.7. The molecule has 0 heterocycles. The van der Waals surface area contributed by atoms with E-state index in [-0.39, 0.29) is 17.5 Å². The predicted octanol–water partition coefficient (Wildman–Crippen LogP) is 3.94. The minimum Gasteiger partial charge on any atom is -0.511 e. The number of allylic oxidation sites excluding steroid dienone is 3. The van der Waals surface area contributed by atoms with E-state index in [0.29, 0.717) is 5.57 Å². The van der Waals surface area contributed by atoms with E-state index >= 15 is 0 Å². The molecule has 15 heavy (non-hydrogen) atoms. The van der Waals surface area contributed by atoms with Gasteiger partial charge in [0, 0.05) is 11.5 Å². The lowest BCUT2D eigenvalue weighted by molar-refractivity contribution is 0.355. The summed E-state index contributed by atoms with van der Waals surface area (Å²) < 4.78 is 12.7. The average molecular weight is 206 g/mol. The van der Waals surface area contributed by atoms with Crippen molar-refractivity contribution in [2.45, 2.75) is 13.8 Å². The van der Waals surface area contributed by atoms with E-state index in [1.807, 2.05) is 13.8 Å². The molecule has 0 aromatic heterocycles. The molecule has 1 N–H and O–H groups in total. The van der Waals surface area contributed by atoms with Crippen LogP contribution >= 0.6 is 0 Å². The molecule has 0 atom stereocenters. The Kier molecular flexibility index (Phi) is 3.67. The number of halogens is 1. The van der Waals surface area contributed by atoms with Gasteiger partial charge in [-0.3, -0.25) is 0 Å². The molecule has 0 fully saturated rings. The fourth-order valence-electron chi connectivity index (χ4n) is 1.31. The van der Waals surface area contributed by atoms with Gasteiger partial charge >= 0.3 is 0 Å². The van der Waals surface area contributed by atoms with Gasteiger partial charge in [-0.15, -0.1) is 0 Å². The lowest BCUT2D eigenvalue weighted by Crippen LogP contribution is -1.97. The zero-order chi connectivity index (χ0) is 11.4. The van der Waals surface area contributed by atoms with Crippen molar-refractivity contribution in [3.63, 3.8) is 0 Å². The molecule has 0 amide bonds. The van der Waals surface area contributed by atoms with Gasteiger partial charge in [-0.25, -0.2) is 4.39 Å². The maximum absolute atomic E-state index is 12.7. The second kappa shape index (κ2) is 4.78. The van der Waals surface area contributed by atoms with Crippen molar-refractivity contribution >= 4 is 5.57 Å². The molecule has 80 valence electrons. The highest BCUT2D eigenvalue weighted by Gasteiger charge is 2.08. The van der Waals surface area contributed by atoms with Crippen molar-refractivity contribution in [1.29, 1.82) is 0 Å². The van der Waals surface area contributed by atoms with Crippen molar-refractivity contribution in [2.75, 3.05) is 0 Å². The van der Waals surface area contributed by atoms with Crippen LogP contribution in [-0.4, -0.2) is 5.11 Å². The summed E-state index contributed by atoms with van der Waals surface area (Å²) in [6.07, 6.45) is 1.59. The number of rotatable bonds is 3. The van der Waals surface area contributed by atoms with Crippen LogP contribution in [0.5, 0.6) is 0 Å². The number of hydrogen-bond donors (Lipinski definition) is 1. The van der Waals surface area contributed by atoms with Crippen LogP contribution in [0.4, 0.5) is 4.39 Å². The van der Waals surface area contributed by atoms with Gasteiger partial charge < -0.3 is 5.11 Å². The summed E-state index contributed by atoms with van der Waals surface area (Å²) in [4.78, 5) is 0. The molecule has 0 spiro atoms. The fourth-order valence-corrected chi connectivity index (χ4v) is 1.31. The average Bonchev–Trinajstić information content (AvgIpc) is 2.21. The minimum atomic E-state index is -0.286. The van der Waals surface area contributed by atoms with Crippen molar-refractivity contribution < 1.29 is 9.50 Å². The van der Waals surface area contributed by atoms with Gasteiger partial charge in [-0.1, -0.05) is 38.6 Å². The summed E-state index contributed by atoms with van der Waals surface area (Å²) >= 11 is 0. The Balaban J connectivity index is 3.19. The van der Waals surface area contributed by atoms with E-state index < -0.39 is 0 Å². The largest absolute Gasteiger partial charge is 0.511 e. The standard InChI is InChI=1S/C13H15FO/c1-4-12(13(15)9(2)3)10-5-7-11(14)8-6-10/h4-9,15H,1H2,2-3H3/b13-12-. The van der Waals surface area contributed by atoms with Crippen LogP contribution in [0.3, 0.4) is 0 Å². The molecule has 0 bridgehead atoms. The molecular formula is C13H15FO. The molecule has 2 heteroatoms. The first-order valence-corrected chi connectivity index (χ1v) is 4.87. The molecule has 0 aliphatic heterocycles. The fraction of sp³-hybridized carbons (Fsp3) is 0.231. The molecule has 1 aromatic carbocycles. The second-order valence-corrected chi connectivity index (χ2v) is 3.66. The molecule has 0 saturated heterocycles. The van der Waals surface area contributed by atoms with Crippen molar-refractivity contribution in [3.05, 3.63) is 54.1 Å². The first-order valence-electron chi connectivity index (χ1n) is 4.87. The van der Waals surface area contributed by atoms with Gasteiger partial charge in [0.1, 0.15) is 11.6 Å². The van der Waals surface area contributed by atoms with Gasteiger partial charge in [0.2, 0.25) is 0 Å². The molecule has 0 saturated carbocycles. The monoisotopic (exact) mass is 206 g/mol. The van der Waals surface area contributed by atoms with Crippen LogP contribution in [0.2, 0.25) is 0 Å². The van der Waals surface area contributed by atoms with Gasteiger partial charge in [0.25, 0.3) is 0 Å². The van der Waals surface area contributed by atoms with Gasteiger partial charge in [-0.05, 0) is 17.7 Å². The van der Waals surface area contributed by atoms with Crippen LogP contribution < -0.4 is 0 Å². The number of aliphatic hydroxyl groups is 1. The van der Waals surface area contributed by atoms with E-state index in [1.54, 1.807) is 18.2 Å². The molecule has 0 aliphatic rings. The second-order valence-electron chi connectivity index (χ2n) is 3.66. The van der Waals surface area contributed by atoms with Gasteiger partial charge in [-0.2, -0.15) is 0 Å². The summed E-state index contributed by atoms with van der Waals surface area (Å²) in [5.74, 6) is 0.0193. The molecular weight excluding hydrogens is 191 g/mol. The first-order chi connectivity index (χ1) is 7.06. The summed E-state index contributed by atoms with van der Waals surface area (Å²) in [7, 11) is 0. The number of benzene rings is 1. The lowest BCUT2D eigenvalue weighted by Gasteiger charge is -2.10. The molecule has 0 radical (unpaired) electrons. The molecule has 1 rings (SSSR count). The minimum absolute atomic E-state index is 0.0306. The quantitative estimate of drug-likeness (QED) is 0.586. The highest BCUT2D eigenvalue weighted by Crippen LogP contribution is 2.23. The van der Waals surface area contributed by atoms with Crippen LogP contribution in [0.25, 0.3) is 5.57 Å². The Labute approximate surface area is 89.6 Å². The Hall–Kier alpha value is -1.57. The maximum Gasteiger partial charge on any atom is 0.123 e. The predicted molar refractivity (Wildman–Crippen MR) is 61.0 cm³/mol. The Bertz CT molecular complexity index is 374. The first kappa shape index (κ1) is 11.5. The summed E-state index contributed by atoms with van der Waals surface area (Å²) in [5, 5.41) is 9.82. The van der Waals surface area contributed by atoms with Crippen LogP contribution in [0.15, 0.2) is 42.7 Å². The third-order valence-electron chi connectivity index (χ3n) is 2.18. The zero-order valence-corrected chi connectivity index (χ0v) is 9.00. The van der Waals surface area contributed by atoms with Crippen LogP contribution in [0.1, 0.15) is 19.4 Å². The molecule has 1 aromatic rings. The lowest BCUT2D eigenvalue weighted by atomic mass is 10.00. The number of hydrogen-bond acceptors (Lipinski definition) is 1. The van der Waals surface area contributed by atoms with Crippen molar-refractivity contribution in [3.8, 4) is 0 Å². The smallest absolute Gasteiger partial charge is 0.123 e. The van der Waals surface area contributed by atoms with E-state index in [9.17, 15) is 9.50 Å².